The fraction of sp³-hybridized carbons (Fsp3) is 0.889. The Hall–Kier alpha value is -1.10. The highest BCUT2D eigenvalue weighted by atomic mass is 16.6. The number of esters is 2. The third-order valence-electron chi connectivity index (χ3n) is 4.90. The Balaban J connectivity index is 2.18. The Morgan fingerprint density at radius 1 is 0.870 bits per heavy atom. The summed E-state index contributed by atoms with van der Waals surface area (Å²) in [5.41, 5.74) is 4.05. The topological polar surface area (TPSA) is 78.6 Å². The first-order valence-corrected chi connectivity index (χ1v) is 8.97. The standard InChI is InChI=1S/C18H31NO4/c1-17(2,3)23-16(21)18(19,13-9-5-4-6-10-13)15(20)22-14-11-7-8-12-14/h13-14H,4-12,19H2,1-3H3/t18-/m0/s1. The third-order valence-corrected chi connectivity index (χ3v) is 4.90. The maximum absolute atomic E-state index is 12.8. The summed E-state index contributed by atoms with van der Waals surface area (Å²) in [6.07, 6.45) is 8.39. The van der Waals surface area contributed by atoms with Gasteiger partial charge in [-0.3, -0.25) is 0 Å². The first-order valence-electron chi connectivity index (χ1n) is 8.97. The molecule has 132 valence electrons. The molecule has 5 nitrogen and oxygen atoms in total. The summed E-state index contributed by atoms with van der Waals surface area (Å²) in [5, 5.41) is 0. The van der Waals surface area contributed by atoms with Gasteiger partial charge in [-0.1, -0.05) is 19.3 Å². The zero-order valence-electron chi connectivity index (χ0n) is 14.7. The van der Waals surface area contributed by atoms with E-state index in [0.717, 1.165) is 57.8 Å². The second-order valence-electron chi connectivity index (χ2n) is 8.02. The highest BCUT2D eigenvalue weighted by Crippen LogP contribution is 2.35. The average molecular weight is 325 g/mol. The van der Waals surface area contributed by atoms with Crippen molar-refractivity contribution in [1.29, 1.82) is 0 Å². The fourth-order valence-electron chi connectivity index (χ4n) is 3.59. The molecule has 0 aromatic rings. The Morgan fingerprint density at radius 2 is 1.39 bits per heavy atom. The van der Waals surface area contributed by atoms with Crippen LogP contribution in [0.1, 0.15) is 78.6 Å². The zero-order valence-corrected chi connectivity index (χ0v) is 14.7. The number of ether oxygens (including phenoxy) is 2. The van der Waals surface area contributed by atoms with E-state index >= 15 is 0 Å². The maximum Gasteiger partial charge on any atom is 0.338 e. The van der Waals surface area contributed by atoms with Gasteiger partial charge in [-0.2, -0.15) is 0 Å². The molecule has 0 heterocycles. The van der Waals surface area contributed by atoms with E-state index in [9.17, 15) is 9.59 Å². The molecule has 2 saturated carbocycles. The van der Waals surface area contributed by atoms with Crippen LogP contribution < -0.4 is 5.73 Å². The molecule has 0 spiro atoms. The van der Waals surface area contributed by atoms with E-state index < -0.39 is 23.1 Å². The molecule has 0 bridgehead atoms. The summed E-state index contributed by atoms with van der Waals surface area (Å²) in [7, 11) is 0. The van der Waals surface area contributed by atoms with Gasteiger partial charge in [-0.15, -0.1) is 0 Å². The van der Waals surface area contributed by atoms with E-state index in [-0.39, 0.29) is 12.0 Å². The number of hydrogen-bond donors (Lipinski definition) is 1. The lowest BCUT2D eigenvalue weighted by Crippen LogP contribution is -2.63. The van der Waals surface area contributed by atoms with Crippen molar-refractivity contribution in [3.05, 3.63) is 0 Å². The molecule has 2 fully saturated rings. The molecule has 1 atom stereocenters. The van der Waals surface area contributed by atoms with Gasteiger partial charge in [0, 0.05) is 0 Å². The van der Waals surface area contributed by atoms with Crippen LogP contribution >= 0.6 is 0 Å². The third kappa shape index (κ3) is 4.46. The quantitative estimate of drug-likeness (QED) is 0.635. The van der Waals surface area contributed by atoms with Gasteiger partial charge in [-0.05, 0) is 65.2 Å². The highest BCUT2D eigenvalue weighted by Gasteiger charge is 2.53. The second kappa shape index (κ2) is 7.20. The molecule has 2 rings (SSSR count). The van der Waals surface area contributed by atoms with Crippen LogP contribution in [0.3, 0.4) is 0 Å². The molecule has 2 aliphatic rings. The summed E-state index contributed by atoms with van der Waals surface area (Å²) >= 11 is 0. The Bertz CT molecular complexity index is 431. The molecule has 0 radical (unpaired) electrons. The summed E-state index contributed by atoms with van der Waals surface area (Å²) < 4.78 is 11.1. The van der Waals surface area contributed by atoms with E-state index in [2.05, 4.69) is 0 Å². The van der Waals surface area contributed by atoms with E-state index in [0.29, 0.717) is 0 Å². The van der Waals surface area contributed by atoms with Gasteiger partial charge >= 0.3 is 11.9 Å². The van der Waals surface area contributed by atoms with Crippen LogP contribution in [-0.2, 0) is 19.1 Å². The number of carbonyl (C=O) groups excluding carboxylic acids is 2. The normalized spacial score (nSPS) is 23.3. The van der Waals surface area contributed by atoms with Crippen LogP contribution in [0.4, 0.5) is 0 Å². The van der Waals surface area contributed by atoms with Crippen LogP contribution in [0.15, 0.2) is 0 Å². The SMILES string of the molecule is CC(C)(C)OC(=O)[C@@](N)(C(=O)OC1CCCC1)C1CCCCC1. The molecular weight excluding hydrogens is 294 g/mol. The van der Waals surface area contributed by atoms with Gasteiger partial charge < -0.3 is 15.2 Å². The molecule has 0 saturated heterocycles. The van der Waals surface area contributed by atoms with Gasteiger partial charge in [0.05, 0.1) is 0 Å². The number of rotatable bonds is 4. The lowest BCUT2D eigenvalue weighted by molar-refractivity contribution is -0.178. The van der Waals surface area contributed by atoms with Crippen LogP contribution in [0.5, 0.6) is 0 Å². The number of hydrogen-bond acceptors (Lipinski definition) is 5. The zero-order chi connectivity index (χ0) is 17.1. The second-order valence-corrected chi connectivity index (χ2v) is 8.02. The van der Waals surface area contributed by atoms with Gasteiger partial charge in [0.25, 0.3) is 0 Å². The predicted molar refractivity (Wildman–Crippen MR) is 87.7 cm³/mol. The molecule has 2 aliphatic carbocycles. The van der Waals surface area contributed by atoms with E-state index in [1.54, 1.807) is 20.8 Å². The molecule has 0 amide bonds. The van der Waals surface area contributed by atoms with Crippen LogP contribution in [0, 0.1) is 5.92 Å². The molecule has 5 heteroatoms. The Morgan fingerprint density at radius 3 is 1.91 bits per heavy atom. The molecule has 0 unspecified atom stereocenters. The summed E-state index contributed by atoms with van der Waals surface area (Å²) in [6, 6.07) is 0. The van der Waals surface area contributed by atoms with Gasteiger partial charge in [0.15, 0.2) is 0 Å². The minimum atomic E-state index is -1.67. The van der Waals surface area contributed by atoms with Crippen molar-refractivity contribution in [2.45, 2.75) is 95.8 Å². The first-order chi connectivity index (χ1) is 10.7. The smallest absolute Gasteiger partial charge is 0.338 e. The van der Waals surface area contributed by atoms with Crippen molar-refractivity contribution in [2.75, 3.05) is 0 Å². The van der Waals surface area contributed by atoms with Gasteiger partial charge in [-0.25, -0.2) is 9.59 Å². The van der Waals surface area contributed by atoms with Crippen molar-refractivity contribution in [1.82, 2.24) is 0 Å². The number of carbonyl (C=O) groups is 2. The Kier molecular flexibility index (Phi) is 5.71. The summed E-state index contributed by atoms with van der Waals surface area (Å²) in [4.78, 5) is 25.5. The lowest BCUT2D eigenvalue weighted by Gasteiger charge is -2.37. The van der Waals surface area contributed by atoms with Gasteiger partial charge in [0.2, 0.25) is 5.54 Å². The number of nitrogens with two attached hydrogens (primary N) is 1. The van der Waals surface area contributed by atoms with E-state index in [4.69, 9.17) is 15.2 Å². The highest BCUT2D eigenvalue weighted by molar-refractivity contribution is 6.05. The molecule has 0 aromatic carbocycles. The van der Waals surface area contributed by atoms with Crippen molar-refractivity contribution in [2.24, 2.45) is 11.7 Å². The summed E-state index contributed by atoms with van der Waals surface area (Å²) in [6.45, 7) is 5.36. The van der Waals surface area contributed by atoms with Crippen LogP contribution in [0.25, 0.3) is 0 Å². The van der Waals surface area contributed by atoms with Crippen LogP contribution in [-0.4, -0.2) is 29.2 Å². The molecular formula is C18H31NO4. The average Bonchev–Trinajstić information content (AvgIpc) is 2.98. The van der Waals surface area contributed by atoms with Crippen LogP contribution in [0.2, 0.25) is 0 Å². The van der Waals surface area contributed by atoms with Crippen molar-refractivity contribution in [3.63, 3.8) is 0 Å². The van der Waals surface area contributed by atoms with Crippen molar-refractivity contribution >= 4 is 11.9 Å². The molecule has 0 aromatic heterocycles. The monoisotopic (exact) mass is 325 g/mol. The van der Waals surface area contributed by atoms with E-state index in [1.165, 1.54) is 0 Å². The first kappa shape index (κ1) is 18.2. The predicted octanol–water partition coefficient (Wildman–Crippen LogP) is 3.09. The molecule has 23 heavy (non-hydrogen) atoms. The fourth-order valence-corrected chi connectivity index (χ4v) is 3.59. The lowest BCUT2D eigenvalue weighted by atomic mass is 9.75. The largest absolute Gasteiger partial charge is 0.461 e. The minimum absolute atomic E-state index is 0.101. The molecule has 0 aliphatic heterocycles. The Labute approximate surface area is 139 Å². The minimum Gasteiger partial charge on any atom is -0.461 e. The van der Waals surface area contributed by atoms with Gasteiger partial charge in [0.1, 0.15) is 11.7 Å². The molecule has 2 N–H and O–H groups in total. The van der Waals surface area contributed by atoms with E-state index in [1.807, 2.05) is 0 Å². The van der Waals surface area contributed by atoms with Crippen molar-refractivity contribution in [3.8, 4) is 0 Å². The summed E-state index contributed by atoms with van der Waals surface area (Å²) in [5.74, 6) is -1.43. The van der Waals surface area contributed by atoms with Crippen molar-refractivity contribution < 1.29 is 19.1 Å². The maximum atomic E-state index is 12.8.